The van der Waals surface area contributed by atoms with Crippen LogP contribution in [0.25, 0.3) is 28.5 Å². The van der Waals surface area contributed by atoms with Crippen molar-refractivity contribution in [2.24, 2.45) is 0 Å². The third-order valence-corrected chi connectivity index (χ3v) is 7.50. The molecule has 1 aromatic heterocycles. The Bertz CT molecular complexity index is 1290. The van der Waals surface area contributed by atoms with Crippen molar-refractivity contribution in [1.82, 2.24) is 4.98 Å². The summed E-state index contributed by atoms with van der Waals surface area (Å²) in [5.74, 6) is -0.626. The van der Waals surface area contributed by atoms with Gasteiger partial charge in [-0.3, -0.25) is 4.98 Å². The number of rotatable bonds is 5. The number of nitrogens with zero attached hydrogens (tertiary/aromatic N) is 1. The van der Waals surface area contributed by atoms with E-state index < -0.39 is 5.79 Å². The Kier molecular flexibility index (Phi) is 7.33. The van der Waals surface area contributed by atoms with Crippen molar-refractivity contribution in [3.63, 3.8) is 0 Å². The standard InChI is InChI=1S/C33H38FNO2/c1-6-25-20-26(37-33(4,5)36-25)18-19-29-30(23-14-16-24(34)17-15-23)28-13-9-11-22-10-7-8-12-27(22)32(28)35-31(29)21(2)3/h7-8,10,12,14-19,21,25-26H,6,9,11,13,20H2,1-5H3/b19-18+/t25-,26+/m0/s1. The lowest BCUT2D eigenvalue weighted by Gasteiger charge is -2.39. The second kappa shape index (κ2) is 10.5. The number of hydrogen-bond donors (Lipinski definition) is 0. The smallest absolute Gasteiger partial charge is 0.163 e. The zero-order chi connectivity index (χ0) is 26.2. The molecule has 5 rings (SSSR count). The highest BCUT2D eigenvalue weighted by molar-refractivity contribution is 5.85. The zero-order valence-corrected chi connectivity index (χ0v) is 22.7. The van der Waals surface area contributed by atoms with Crippen LogP contribution in [0.3, 0.4) is 0 Å². The summed E-state index contributed by atoms with van der Waals surface area (Å²) in [4.78, 5) is 5.35. The molecular formula is C33H38FNO2. The minimum absolute atomic E-state index is 0.0469. The van der Waals surface area contributed by atoms with Crippen LogP contribution in [0.2, 0.25) is 0 Å². The summed E-state index contributed by atoms with van der Waals surface area (Å²) in [6.07, 6.45) is 9.30. The van der Waals surface area contributed by atoms with Crippen LogP contribution in [-0.2, 0) is 22.3 Å². The summed E-state index contributed by atoms with van der Waals surface area (Å²) in [7, 11) is 0. The first kappa shape index (κ1) is 25.8. The Morgan fingerprint density at radius 2 is 1.81 bits per heavy atom. The molecule has 0 N–H and O–H groups in total. The highest BCUT2D eigenvalue weighted by Gasteiger charge is 2.34. The largest absolute Gasteiger partial charge is 0.347 e. The first-order valence-corrected chi connectivity index (χ1v) is 13.7. The van der Waals surface area contributed by atoms with E-state index in [1.165, 1.54) is 22.3 Å². The van der Waals surface area contributed by atoms with Crippen molar-refractivity contribution in [1.29, 1.82) is 0 Å². The SMILES string of the molecule is CC[C@H]1C[C@@H](/C=C/c2c(C(C)C)nc3c(c2-c2ccc(F)cc2)CCCc2ccccc2-3)OC(C)(C)O1. The molecule has 1 fully saturated rings. The first-order chi connectivity index (χ1) is 17.8. The van der Waals surface area contributed by atoms with Crippen molar-refractivity contribution in [3.05, 3.63) is 82.8 Å². The molecule has 2 aliphatic rings. The van der Waals surface area contributed by atoms with E-state index in [0.29, 0.717) is 0 Å². The van der Waals surface area contributed by atoms with Gasteiger partial charge in [0.15, 0.2) is 5.79 Å². The second-order valence-electron chi connectivity index (χ2n) is 11.1. The lowest BCUT2D eigenvalue weighted by molar-refractivity contribution is -0.290. The summed E-state index contributed by atoms with van der Waals surface area (Å²) in [6, 6.07) is 15.6. The number of halogens is 1. The molecule has 37 heavy (non-hydrogen) atoms. The maximum absolute atomic E-state index is 14.0. The summed E-state index contributed by atoms with van der Waals surface area (Å²) in [5.41, 5.74) is 9.25. The molecule has 3 nitrogen and oxygen atoms in total. The molecule has 0 radical (unpaired) electrons. The van der Waals surface area contributed by atoms with Gasteiger partial charge in [0.1, 0.15) is 5.82 Å². The van der Waals surface area contributed by atoms with E-state index in [-0.39, 0.29) is 23.9 Å². The number of ether oxygens (including phenoxy) is 2. The van der Waals surface area contributed by atoms with Gasteiger partial charge in [-0.2, -0.15) is 0 Å². The van der Waals surface area contributed by atoms with Gasteiger partial charge < -0.3 is 9.47 Å². The maximum atomic E-state index is 14.0. The van der Waals surface area contributed by atoms with Gasteiger partial charge in [-0.1, -0.05) is 69.3 Å². The number of pyridine rings is 1. The summed E-state index contributed by atoms with van der Waals surface area (Å²) in [5, 5.41) is 0. The van der Waals surface area contributed by atoms with Crippen molar-refractivity contribution in [3.8, 4) is 22.4 Å². The van der Waals surface area contributed by atoms with E-state index in [0.717, 1.165) is 54.6 Å². The summed E-state index contributed by atoms with van der Waals surface area (Å²) in [6.45, 7) is 10.5. The molecule has 0 saturated carbocycles. The van der Waals surface area contributed by atoms with E-state index in [1.54, 1.807) is 12.1 Å². The second-order valence-corrected chi connectivity index (χ2v) is 11.1. The van der Waals surface area contributed by atoms with Crippen LogP contribution in [0.15, 0.2) is 54.6 Å². The highest BCUT2D eigenvalue weighted by Crippen LogP contribution is 2.42. The number of aromatic nitrogens is 1. The molecule has 194 valence electrons. The van der Waals surface area contributed by atoms with Crippen LogP contribution in [0, 0.1) is 5.82 Å². The van der Waals surface area contributed by atoms with Crippen molar-refractivity contribution >= 4 is 6.08 Å². The van der Waals surface area contributed by atoms with Crippen LogP contribution < -0.4 is 0 Å². The van der Waals surface area contributed by atoms with Crippen molar-refractivity contribution in [2.45, 2.75) is 90.6 Å². The van der Waals surface area contributed by atoms with E-state index in [1.807, 2.05) is 26.0 Å². The van der Waals surface area contributed by atoms with Gasteiger partial charge in [-0.05, 0) is 79.8 Å². The van der Waals surface area contributed by atoms with Gasteiger partial charge in [0.2, 0.25) is 0 Å². The third-order valence-electron chi connectivity index (χ3n) is 7.50. The Morgan fingerprint density at radius 1 is 1.05 bits per heavy atom. The Hall–Kier alpha value is -2.82. The normalized spacial score (nSPS) is 21.1. The van der Waals surface area contributed by atoms with Crippen LogP contribution >= 0.6 is 0 Å². The van der Waals surface area contributed by atoms with Gasteiger partial charge in [0.25, 0.3) is 0 Å². The van der Waals surface area contributed by atoms with Crippen molar-refractivity contribution < 1.29 is 13.9 Å². The monoisotopic (exact) mass is 499 g/mol. The minimum atomic E-state index is -0.621. The molecule has 0 spiro atoms. The van der Waals surface area contributed by atoms with E-state index >= 15 is 0 Å². The molecule has 1 saturated heterocycles. The van der Waals surface area contributed by atoms with Crippen LogP contribution in [0.4, 0.5) is 4.39 Å². The predicted molar refractivity (Wildman–Crippen MR) is 149 cm³/mol. The molecular weight excluding hydrogens is 461 g/mol. The van der Waals surface area contributed by atoms with Crippen LogP contribution in [0.5, 0.6) is 0 Å². The third kappa shape index (κ3) is 5.42. The fourth-order valence-corrected chi connectivity index (χ4v) is 5.82. The lowest BCUT2D eigenvalue weighted by atomic mass is 9.86. The van der Waals surface area contributed by atoms with E-state index in [4.69, 9.17) is 14.5 Å². The molecule has 0 amide bonds. The summed E-state index contributed by atoms with van der Waals surface area (Å²) >= 11 is 0. The van der Waals surface area contributed by atoms with Gasteiger partial charge >= 0.3 is 0 Å². The molecule has 2 aromatic carbocycles. The van der Waals surface area contributed by atoms with Crippen LogP contribution in [0.1, 0.15) is 82.2 Å². The highest BCUT2D eigenvalue weighted by atomic mass is 19.1. The maximum Gasteiger partial charge on any atom is 0.163 e. The summed E-state index contributed by atoms with van der Waals surface area (Å²) < 4.78 is 26.4. The topological polar surface area (TPSA) is 31.4 Å². The number of fused-ring (bicyclic) bond motifs is 3. The number of hydrogen-bond acceptors (Lipinski definition) is 3. The van der Waals surface area contributed by atoms with Gasteiger partial charge in [-0.25, -0.2) is 4.39 Å². The van der Waals surface area contributed by atoms with Crippen molar-refractivity contribution in [2.75, 3.05) is 0 Å². The van der Waals surface area contributed by atoms with E-state index in [2.05, 4.69) is 57.2 Å². The van der Waals surface area contributed by atoms with Gasteiger partial charge in [0.05, 0.1) is 23.6 Å². The number of benzene rings is 2. The molecule has 1 aliphatic heterocycles. The lowest BCUT2D eigenvalue weighted by Crippen LogP contribution is -2.43. The Balaban J connectivity index is 1.71. The Labute approximate surface area is 220 Å². The Morgan fingerprint density at radius 3 is 2.54 bits per heavy atom. The quantitative estimate of drug-likeness (QED) is 0.353. The molecule has 4 heteroatoms. The molecule has 2 atom stereocenters. The fourth-order valence-electron chi connectivity index (χ4n) is 5.82. The molecule has 0 bridgehead atoms. The van der Waals surface area contributed by atoms with E-state index in [9.17, 15) is 4.39 Å². The van der Waals surface area contributed by atoms with Crippen LogP contribution in [-0.4, -0.2) is 23.0 Å². The fraction of sp³-hybridized carbons (Fsp3) is 0.424. The zero-order valence-electron chi connectivity index (χ0n) is 22.7. The van der Waals surface area contributed by atoms with Gasteiger partial charge in [-0.15, -0.1) is 0 Å². The average Bonchev–Trinajstić information content (AvgIpc) is 3.05. The average molecular weight is 500 g/mol. The predicted octanol–water partition coefficient (Wildman–Crippen LogP) is 8.50. The first-order valence-electron chi connectivity index (χ1n) is 13.7. The molecule has 1 aliphatic carbocycles. The van der Waals surface area contributed by atoms with Gasteiger partial charge in [0, 0.05) is 17.5 Å². The molecule has 0 unspecified atom stereocenters. The minimum Gasteiger partial charge on any atom is -0.347 e. The molecule has 2 heterocycles. The molecule has 3 aromatic rings. The number of aryl methyl sites for hydroxylation is 1.